The van der Waals surface area contributed by atoms with Crippen molar-refractivity contribution < 1.29 is 28.2 Å². The Bertz CT molecular complexity index is 952. The molecule has 2 saturated heterocycles. The van der Waals surface area contributed by atoms with Crippen LogP contribution in [0.3, 0.4) is 0 Å². The van der Waals surface area contributed by atoms with Gasteiger partial charge in [-0.1, -0.05) is 25.5 Å². The van der Waals surface area contributed by atoms with Gasteiger partial charge in [0.05, 0.1) is 23.5 Å². The predicted molar refractivity (Wildman–Crippen MR) is 126 cm³/mol. The Hall–Kier alpha value is -0.960. The fourth-order valence-corrected chi connectivity index (χ4v) is 9.82. The van der Waals surface area contributed by atoms with Crippen molar-refractivity contribution in [3.63, 3.8) is 0 Å². The van der Waals surface area contributed by atoms with Gasteiger partial charge >= 0.3 is 0 Å². The average Bonchev–Trinajstić information content (AvgIpc) is 3.34. The molecule has 8 heteroatoms. The van der Waals surface area contributed by atoms with E-state index in [-0.39, 0.29) is 17.2 Å². The minimum atomic E-state index is -3.81. The molecule has 2 aliphatic carbocycles. The SMILES string of the molecule is CC(C)=CCC[C@](C)(O)[C@H]1CC[C@@](C)([C@H](O)C(=O)N2[C@H]3C[C@@H]4CC[C@@]3(CS2(=O)=O)C4(C)C)O1. The number of carbonyl (C=O) groups is 1. The summed E-state index contributed by atoms with van der Waals surface area (Å²) < 4.78 is 33.6. The molecule has 188 valence electrons. The third-order valence-corrected chi connectivity index (χ3v) is 11.6. The van der Waals surface area contributed by atoms with Crippen LogP contribution < -0.4 is 0 Å². The molecular formula is C25H41NO6S. The van der Waals surface area contributed by atoms with Gasteiger partial charge in [-0.15, -0.1) is 0 Å². The quantitative estimate of drug-likeness (QED) is 0.563. The predicted octanol–water partition coefficient (Wildman–Crippen LogP) is 3.15. The van der Waals surface area contributed by atoms with Crippen LogP contribution in [-0.2, 0) is 19.6 Å². The number of hydrogen-bond donors (Lipinski definition) is 2. The van der Waals surface area contributed by atoms with Gasteiger partial charge in [0.15, 0.2) is 6.10 Å². The number of rotatable bonds is 6. The maximum absolute atomic E-state index is 13.5. The van der Waals surface area contributed by atoms with Gasteiger partial charge in [-0.05, 0) is 84.0 Å². The summed E-state index contributed by atoms with van der Waals surface area (Å²) in [4.78, 5) is 13.5. The number of aliphatic hydroxyl groups is 2. The number of fused-ring (bicyclic) bond motifs is 1. The standard InChI is InChI=1S/C25H41NO6S/c1-16(2)8-7-11-23(5,29)19-10-12-24(6,32-19)20(27)21(28)26-18-14-17-9-13-25(18,22(17,3)4)15-33(26,30)31/h8,17-20,27,29H,7,9-15H2,1-6H3/t17-,18-,19+,20+,23-,24-,25-/m0/s1. The minimum Gasteiger partial charge on any atom is -0.387 e. The number of allylic oxidation sites excluding steroid dienone is 2. The van der Waals surface area contributed by atoms with E-state index in [0.29, 0.717) is 38.0 Å². The molecule has 7 atom stereocenters. The fraction of sp³-hybridized carbons (Fsp3) is 0.880. The van der Waals surface area contributed by atoms with Crippen LogP contribution in [-0.4, -0.2) is 64.0 Å². The molecule has 1 spiro atoms. The summed E-state index contributed by atoms with van der Waals surface area (Å²) >= 11 is 0. The van der Waals surface area contributed by atoms with Crippen molar-refractivity contribution in [2.45, 2.75) is 116 Å². The first-order valence-electron chi connectivity index (χ1n) is 12.3. The lowest BCUT2D eigenvalue weighted by atomic mass is 9.69. The first kappa shape index (κ1) is 25.1. The number of amides is 1. The highest BCUT2D eigenvalue weighted by Crippen LogP contribution is 2.70. The lowest BCUT2D eigenvalue weighted by molar-refractivity contribution is -0.175. The molecule has 2 aliphatic heterocycles. The highest BCUT2D eigenvalue weighted by Gasteiger charge is 2.73. The van der Waals surface area contributed by atoms with E-state index in [4.69, 9.17) is 4.74 Å². The summed E-state index contributed by atoms with van der Waals surface area (Å²) in [6, 6.07) is -0.383. The van der Waals surface area contributed by atoms with Gasteiger partial charge in [-0.3, -0.25) is 4.79 Å². The molecule has 2 heterocycles. The van der Waals surface area contributed by atoms with Gasteiger partial charge in [0.2, 0.25) is 10.0 Å². The van der Waals surface area contributed by atoms with Crippen LogP contribution in [0, 0.1) is 16.7 Å². The monoisotopic (exact) mass is 483 g/mol. The maximum atomic E-state index is 13.5. The number of hydrogen-bond acceptors (Lipinski definition) is 6. The summed E-state index contributed by atoms with van der Waals surface area (Å²) in [7, 11) is -3.81. The first-order valence-corrected chi connectivity index (χ1v) is 14.0. The molecule has 33 heavy (non-hydrogen) atoms. The third-order valence-electron chi connectivity index (χ3n) is 9.65. The molecule has 7 nitrogen and oxygen atoms in total. The van der Waals surface area contributed by atoms with Crippen LogP contribution in [0.1, 0.15) is 86.5 Å². The van der Waals surface area contributed by atoms with Gasteiger partial charge in [-0.25, -0.2) is 12.7 Å². The topological polar surface area (TPSA) is 104 Å². The smallest absolute Gasteiger partial charge is 0.268 e. The van der Waals surface area contributed by atoms with Crippen molar-refractivity contribution in [2.75, 3.05) is 5.75 Å². The number of nitrogens with zero attached hydrogens (tertiary/aromatic N) is 1. The Kier molecular flexibility index (Phi) is 5.92. The van der Waals surface area contributed by atoms with Crippen molar-refractivity contribution in [1.29, 1.82) is 0 Å². The van der Waals surface area contributed by atoms with Gasteiger partial charge in [0.1, 0.15) is 5.60 Å². The Morgan fingerprint density at radius 2 is 1.91 bits per heavy atom. The largest absolute Gasteiger partial charge is 0.387 e. The van der Waals surface area contributed by atoms with E-state index in [0.717, 1.165) is 17.1 Å². The Morgan fingerprint density at radius 3 is 2.52 bits per heavy atom. The second-order valence-corrected chi connectivity index (χ2v) is 14.1. The highest BCUT2D eigenvalue weighted by atomic mass is 32.2. The van der Waals surface area contributed by atoms with Gasteiger partial charge in [-0.2, -0.15) is 0 Å². The molecule has 0 unspecified atom stereocenters. The zero-order valence-electron chi connectivity index (χ0n) is 20.9. The van der Waals surface area contributed by atoms with Crippen molar-refractivity contribution in [3.05, 3.63) is 11.6 Å². The van der Waals surface area contributed by atoms with E-state index in [1.807, 2.05) is 13.8 Å². The Balaban J connectivity index is 1.51. The molecule has 0 radical (unpaired) electrons. The molecular weight excluding hydrogens is 442 g/mol. The Morgan fingerprint density at radius 1 is 1.24 bits per heavy atom. The van der Waals surface area contributed by atoms with Crippen molar-refractivity contribution in [2.24, 2.45) is 16.7 Å². The van der Waals surface area contributed by atoms with Crippen LogP contribution in [0.2, 0.25) is 0 Å². The number of carbonyl (C=O) groups excluding carboxylic acids is 1. The van der Waals surface area contributed by atoms with Crippen LogP contribution in [0.5, 0.6) is 0 Å². The summed E-state index contributed by atoms with van der Waals surface area (Å²) in [6.45, 7) is 11.7. The van der Waals surface area contributed by atoms with E-state index >= 15 is 0 Å². The van der Waals surface area contributed by atoms with Crippen LogP contribution >= 0.6 is 0 Å². The van der Waals surface area contributed by atoms with Gasteiger partial charge in [0, 0.05) is 5.41 Å². The van der Waals surface area contributed by atoms with Crippen LogP contribution in [0.15, 0.2) is 11.6 Å². The van der Waals surface area contributed by atoms with Gasteiger partial charge < -0.3 is 14.9 Å². The lowest BCUT2D eigenvalue weighted by Gasteiger charge is -2.38. The summed E-state index contributed by atoms with van der Waals surface area (Å²) in [5.41, 5.74) is -1.74. The third kappa shape index (κ3) is 3.71. The molecule has 0 aromatic rings. The average molecular weight is 484 g/mol. The first-order chi connectivity index (χ1) is 15.1. The van der Waals surface area contributed by atoms with Crippen LogP contribution in [0.25, 0.3) is 0 Å². The molecule has 4 rings (SSSR count). The molecule has 2 N–H and O–H groups in total. The number of ether oxygens (including phenoxy) is 1. The fourth-order valence-electron chi connectivity index (χ4n) is 7.27. The molecule has 2 saturated carbocycles. The number of aliphatic hydroxyl groups excluding tert-OH is 1. The minimum absolute atomic E-state index is 0.0219. The van der Waals surface area contributed by atoms with E-state index in [1.165, 1.54) is 5.57 Å². The van der Waals surface area contributed by atoms with E-state index in [9.17, 15) is 23.4 Å². The lowest BCUT2D eigenvalue weighted by Crippen LogP contribution is -2.55. The molecule has 1 amide bonds. The van der Waals surface area contributed by atoms with Crippen molar-refractivity contribution in [3.8, 4) is 0 Å². The molecule has 4 aliphatic rings. The van der Waals surface area contributed by atoms with Gasteiger partial charge in [0.25, 0.3) is 5.91 Å². The van der Waals surface area contributed by atoms with Crippen molar-refractivity contribution >= 4 is 15.9 Å². The summed E-state index contributed by atoms with van der Waals surface area (Å²) in [5, 5.41) is 22.1. The normalized spacial score (nSPS) is 41.0. The summed E-state index contributed by atoms with van der Waals surface area (Å²) in [6.07, 6.45) is 4.49. The maximum Gasteiger partial charge on any atom is 0.268 e. The zero-order valence-corrected chi connectivity index (χ0v) is 21.7. The second-order valence-electron chi connectivity index (χ2n) is 12.3. The second kappa shape index (κ2) is 7.77. The number of sulfonamides is 1. The van der Waals surface area contributed by atoms with Crippen molar-refractivity contribution in [1.82, 2.24) is 4.31 Å². The highest BCUT2D eigenvalue weighted by molar-refractivity contribution is 7.90. The van der Waals surface area contributed by atoms with E-state index in [2.05, 4.69) is 19.9 Å². The van der Waals surface area contributed by atoms with Crippen LogP contribution in [0.4, 0.5) is 0 Å². The summed E-state index contributed by atoms with van der Waals surface area (Å²) in [5.74, 6) is -0.400. The molecule has 2 bridgehead atoms. The molecule has 0 aromatic carbocycles. The van der Waals surface area contributed by atoms with E-state index in [1.54, 1.807) is 13.8 Å². The molecule has 0 aromatic heterocycles. The van der Waals surface area contributed by atoms with E-state index < -0.39 is 44.8 Å². The zero-order chi connectivity index (χ0) is 24.6. The molecule has 4 fully saturated rings. The Labute approximate surface area is 198 Å².